The maximum Gasteiger partial charge on any atom is 0.257 e. The summed E-state index contributed by atoms with van der Waals surface area (Å²) in [5.41, 5.74) is 4.93. The molecular weight excluding hydrogens is 438 g/mol. The summed E-state index contributed by atoms with van der Waals surface area (Å²) in [6, 6.07) is 15.8. The number of piperidine rings is 1. The second-order valence-corrected chi connectivity index (χ2v) is 9.78. The molecule has 2 N–H and O–H groups in total. The minimum absolute atomic E-state index is 0.0849. The molecule has 2 saturated heterocycles. The molecule has 2 aliphatic heterocycles. The standard InChI is InChI=1S/C28H31N5O2/c1-19-13-27(34)31-25-8-7-22(15-23(19)25)30-28(35)24-14-20(6-9-26(24)33-11-2-3-12-33)17-32-10-4-5-21(16-29)18-32/h6-9,13-15,21H,2-5,10-12,17-18H2,1H3,(H,30,35)(H,31,34). The van der Waals surface area contributed by atoms with Crippen molar-refractivity contribution in [2.24, 2.45) is 5.92 Å². The van der Waals surface area contributed by atoms with Crippen molar-refractivity contribution in [3.05, 3.63) is 69.5 Å². The van der Waals surface area contributed by atoms with Crippen molar-refractivity contribution in [1.82, 2.24) is 9.88 Å². The number of benzene rings is 2. The van der Waals surface area contributed by atoms with E-state index in [1.165, 1.54) is 0 Å². The number of hydrogen-bond acceptors (Lipinski definition) is 5. The Bertz CT molecular complexity index is 1350. The zero-order chi connectivity index (χ0) is 24.4. The van der Waals surface area contributed by atoms with Gasteiger partial charge in [-0.15, -0.1) is 0 Å². The van der Waals surface area contributed by atoms with Crippen molar-refractivity contribution in [2.45, 2.75) is 39.2 Å². The molecule has 7 heteroatoms. The number of pyridine rings is 1. The number of H-pyrrole nitrogens is 1. The monoisotopic (exact) mass is 469 g/mol. The third-order valence-corrected chi connectivity index (χ3v) is 7.15. The Balaban J connectivity index is 1.42. The number of anilines is 2. The predicted octanol–water partition coefficient (Wildman–Crippen LogP) is 4.42. The lowest BCUT2D eigenvalue weighted by Gasteiger charge is -2.30. The first kappa shape index (κ1) is 23.1. The van der Waals surface area contributed by atoms with Gasteiger partial charge in [0.25, 0.3) is 5.91 Å². The molecule has 2 aromatic carbocycles. The van der Waals surface area contributed by atoms with E-state index in [4.69, 9.17) is 0 Å². The molecular formula is C28H31N5O2. The van der Waals surface area contributed by atoms with Crippen molar-refractivity contribution in [3.63, 3.8) is 0 Å². The highest BCUT2D eigenvalue weighted by atomic mass is 16.1. The summed E-state index contributed by atoms with van der Waals surface area (Å²) in [6.45, 7) is 6.31. The van der Waals surface area contributed by atoms with Gasteiger partial charge in [0.2, 0.25) is 5.56 Å². The predicted molar refractivity (Wildman–Crippen MR) is 139 cm³/mol. The summed E-state index contributed by atoms with van der Waals surface area (Å²) < 4.78 is 0. The number of carbonyl (C=O) groups excluding carboxylic acids is 1. The van der Waals surface area contributed by atoms with Crippen LogP contribution in [0.5, 0.6) is 0 Å². The molecule has 2 aliphatic rings. The Morgan fingerprint density at radius 2 is 1.94 bits per heavy atom. The Morgan fingerprint density at radius 3 is 2.74 bits per heavy atom. The molecule has 1 aromatic heterocycles. The van der Waals surface area contributed by atoms with Gasteiger partial charge < -0.3 is 15.2 Å². The van der Waals surface area contributed by atoms with Crippen molar-refractivity contribution in [2.75, 3.05) is 36.4 Å². The minimum atomic E-state index is -0.135. The zero-order valence-corrected chi connectivity index (χ0v) is 20.1. The molecule has 180 valence electrons. The van der Waals surface area contributed by atoms with E-state index in [0.717, 1.165) is 86.1 Å². The molecule has 0 radical (unpaired) electrons. The highest BCUT2D eigenvalue weighted by Crippen LogP contribution is 2.29. The maximum atomic E-state index is 13.6. The van der Waals surface area contributed by atoms with E-state index in [2.05, 4.69) is 38.3 Å². The first-order valence-electron chi connectivity index (χ1n) is 12.4. The smallest absolute Gasteiger partial charge is 0.257 e. The van der Waals surface area contributed by atoms with Crippen LogP contribution < -0.4 is 15.8 Å². The van der Waals surface area contributed by atoms with Crippen molar-refractivity contribution < 1.29 is 4.79 Å². The molecule has 0 aliphatic carbocycles. The highest BCUT2D eigenvalue weighted by molar-refractivity contribution is 6.09. The Labute approximate surface area is 205 Å². The van der Waals surface area contributed by atoms with Crippen LogP contribution in [0.25, 0.3) is 10.9 Å². The number of aromatic amines is 1. The second-order valence-electron chi connectivity index (χ2n) is 9.78. The summed E-state index contributed by atoms with van der Waals surface area (Å²) in [5, 5.41) is 13.3. The number of nitrogens with one attached hydrogen (secondary N) is 2. The lowest BCUT2D eigenvalue weighted by molar-refractivity contribution is 0.102. The molecule has 0 saturated carbocycles. The summed E-state index contributed by atoms with van der Waals surface area (Å²) in [7, 11) is 0. The average Bonchev–Trinajstić information content (AvgIpc) is 3.39. The number of likely N-dealkylation sites (tertiary alicyclic amines) is 1. The van der Waals surface area contributed by atoms with Crippen LogP contribution in [0.1, 0.15) is 47.2 Å². The quantitative estimate of drug-likeness (QED) is 0.577. The Kier molecular flexibility index (Phi) is 6.56. The van der Waals surface area contributed by atoms with Crippen LogP contribution in [0, 0.1) is 24.2 Å². The highest BCUT2D eigenvalue weighted by Gasteiger charge is 2.23. The lowest BCUT2D eigenvalue weighted by Crippen LogP contribution is -2.34. The minimum Gasteiger partial charge on any atom is -0.371 e. The van der Waals surface area contributed by atoms with Crippen LogP contribution in [-0.4, -0.2) is 42.0 Å². The van der Waals surface area contributed by atoms with E-state index >= 15 is 0 Å². The van der Waals surface area contributed by atoms with Crippen LogP contribution in [-0.2, 0) is 6.54 Å². The third kappa shape index (κ3) is 5.08. The van der Waals surface area contributed by atoms with E-state index in [9.17, 15) is 14.9 Å². The van der Waals surface area contributed by atoms with Gasteiger partial charge in [0, 0.05) is 54.5 Å². The molecule has 7 nitrogen and oxygen atoms in total. The fourth-order valence-electron chi connectivity index (χ4n) is 5.36. The van der Waals surface area contributed by atoms with Gasteiger partial charge in [0.15, 0.2) is 0 Å². The number of rotatable bonds is 5. The number of aromatic nitrogens is 1. The van der Waals surface area contributed by atoms with Gasteiger partial charge in [0.05, 0.1) is 17.6 Å². The first-order valence-corrected chi connectivity index (χ1v) is 12.4. The molecule has 2 fully saturated rings. The van der Waals surface area contributed by atoms with E-state index < -0.39 is 0 Å². The van der Waals surface area contributed by atoms with Gasteiger partial charge >= 0.3 is 0 Å². The number of nitrogens with zero attached hydrogens (tertiary/aromatic N) is 3. The van der Waals surface area contributed by atoms with Crippen LogP contribution in [0.2, 0.25) is 0 Å². The number of nitriles is 1. The Hall–Kier alpha value is -3.63. The fraction of sp³-hybridized carbons (Fsp3) is 0.393. The number of aryl methyl sites for hydroxylation is 1. The lowest BCUT2D eigenvalue weighted by atomic mass is 9.98. The largest absolute Gasteiger partial charge is 0.371 e. The van der Waals surface area contributed by atoms with Gasteiger partial charge in [0.1, 0.15) is 0 Å². The molecule has 5 rings (SSSR count). The topological polar surface area (TPSA) is 92.2 Å². The van der Waals surface area contributed by atoms with Crippen LogP contribution in [0.3, 0.4) is 0 Å². The SMILES string of the molecule is Cc1cc(=O)[nH]c2ccc(NC(=O)c3cc(CN4CCCC(C#N)C4)ccc3N3CCCC3)cc12. The number of fused-ring (bicyclic) bond motifs is 1. The van der Waals surface area contributed by atoms with Crippen LogP contribution >= 0.6 is 0 Å². The Morgan fingerprint density at radius 1 is 1.11 bits per heavy atom. The molecule has 35 heavy (non-hydrogen) atoms. The van der Waals surface area contributed by atoms with Gasteiger partial charge in [-0.05, 0) is 80.6 Å². The fourth-order valence-corrected chi connectivity index (χ4v) is 5.36. The molecule has 1 atom stereocenters. The van der Waals surface area contributed by atoms with E-state index in [1.54, 1.807) is 6.07 Å². The van der Waals surface area contributed by atoms with Gasteiger partial charge in [-0.25, -0.2) is 0 Å². The second kappa shape index (κ2) is 9.93. The van der Waals surface area contributed by atoms with Crippen LogP contribution in [0.4, 0.5) is 11.4 Å². The van der Waals surface area contributed by atoms with Crippen LogP contribution in [0.15, 0.2) is 47.3 Å². The first-order chi connectivity index (χ1) is 17.0. The van der Waals surface area contributed by atoms with Crippen molar-refractivity contribution in [1.29, 1.82) is 5.26 Å². The van der Waals surface area contributed by atoms with E-state index in [1.807, 2.05) is 31.2 Å². The number of amides is 1. The summed E-state index contributed by atoms with van der Waals surface area (Å²) >= 11 is 0. The van der Waals surface area contributed by atoms with Gasteiger partial charge in [-0.2, -0.15) is 5.26 Å². The molecule has 0 spiro atoms. The summed E-state index contributed by atoms with van der Waals surface area (Å²) in [4.78, 5) is 32.8. The number of hydrogen-bond donors (Lipinski definition) is 2. The zero-order valence-electron chi connectivity index (χ0n) is 20.1. The number of carbonyl (C=O) groups is 1. The molecule has 3 aromatic rings. The molecule has 0 bridgehead atoms. The van der Waals surface area contributed by atoms with Crippen molar-refractivity contribution in [3.8, 4) is 6.07 Å². The molecule has 3 heterocycles. The van der Waals surface area contributed by atoms with Crippen molar-refractivity contribution >= 4 is 28.2 Å². The van der Waals surface area contributed by atoms with Gasteiger partial charge in [-0.1, -0.05) is 6.07 Å². The molecule has 1 amide bonds. The summed E-state index contributed by atoms with van der Waals surface area (Å²) in [5.74, 6) is -0.0505. The molecule has 1 unspecified atom stereocenters. The van der Waals surface area contributed by atoms with Gasteiger partial charge in [-0.3, -0.25) is 14.5 Å². The maximum absolute atomic E-state index is 13.6. The normalized spacial score (nSPS) is 18.5. The van der Waals surface area contributed by atoms with E-state index in [-0.39, 0.29) is 17.4 Å². The summed E-state index contributed by atoms with van der Waals surface area (Å²) in [6.07, 6.45) is 4.26. The average molecular weight is 470 g/mol. The third-order valence-electron chi connectivity index (χ3n) is 7.15. The van der Waals surface area contributed by atoms with E-state index in [0.29, 0.717) is 11.3 Å².